The molecule has 1 amide bonds. The summed E-state index contributed by atoms with van der Waals surface area (Å²) in [6.45, 7) is 3.34. The highest BCUT2D eigenvalue weighted by molar-refractivity contribution is 7.89. The van der Waals surface area contributed by atoms with Gasteiger partial charge in [-0.25, -0.2) is 17.5 Å². The Labute approximate surface area is 162 Å². The molecule has 1 fully saturated rings. The van der Waals surface area contributed by atoms with Crippen LogP contribution in [0.15, 0.2) is 29.2 Å². The van der Waals surface area contributed by atoms with E-state index in [4.69, 9.17) is 0 Å². The lowest BCUT2D eigenvalue weighted by Crippen LogP contribution is -2.46. The molecule has 0 aromatic heterocycles. The van der Waals surface area contributed by atoms with Crippen molar-refractivity contribution in [1.82, 2.24) is 9.62 Å². The predicted octanol–water partition coefficient (Wildman–Crippen LogP) is 3.85. The second kappa shape index (κ2) is 10.8. The van der Waals surface area contributed by atoms with Gasteiger partial charge in [0.2, 0.25) is 15.9 Å². The first-order valence-corrected chi connectivity index (χ1v) is 11.5. The average molecular weight is 399 g/mol. The fraction of sp³-hybridized carbons (Fsp3) is 0.650. The van der Waals surface area contributed by atoms with Crippen molar-refractivity contribution in [3.63, 3.8) is 0 Å². The third kappa shape index (κ3) is 7.22. The van der Waals surface area contributed by atoms with Crippen LogP contribution >= 0.6 is 0 Å². The van der Waals surface area contributed by atoms with Crippen LogP contribution in [0.4, 0.5) is 4.39 Å². The van der Waals surface area contributed by atoms with E-state index < -0.39 is 15.8 Å². The van der Waals surface area contributed by atoms with E-state index >= 15 is 0 Å². The van der Waals surface area contributed by atoms with Gasteiger partial charge in [0, 0.05) is 25.6 Å². The van der Waals surface area contributed by atoms with Gasteiger partial charge in [0.25, 0.3) is 0 Å². The van der Waals surface area contributed by atoms with Gasteiger partial charge in [0.1, 0.15) is 5.82 Å². The van der Waals surface area contributed by atoms with Gasteiger partial charge >= 0.3 is 0 Å². The third-order valence-electron chi connectivity index (χ3n) is 5.04. The molecular weight excluding hydrogens is 367 g/mol. The molecule has 1 aliphatic rings. The molecule has 0 bridgehead atoms. The highest BCUT2D eigenvalue weighted by Gasteiger charge is 2.26. The standard InChI is InChI=1S/C20H31FN2O3S/c1-2-3-4-5-6-7-8-20(24)23-15-13-18(14-16-23)22-27(25,26)19-11-9-17(21)10-12-19/h9-12,18,22H,2-8,13-16H2,1H3. The fourth-order valence-corrected chi connectivity index (χ4v) is 4.67. The van der Waals surface area contributed by atoms with Crippen molar-refractivity contribution in [2.75, 3.05) is 13.1 Å². The van der Waals surface area contributed by atoms with Crippen LogP contribution < -0.4 is 4.72 Å². The van der Waals surface area contributed by atoms with Crippen molar-refractivity contribution in [3.05, 3.63) is 30.1 Å². The van der Waals surface area contributed by atoms with Crippen LogP contribution in [0.3, 0.4) is 0 Å². The van der Waals surface area contributed by atoms with Gasteiger partial charge in [-0.2, -0.15) is 0 Å². The summed E-state index contributed by atoms with van der Waals surface area (Å²) in [5.74, 6) is -0.295. The minimum atomic E-state index is -3.66. The molecule has 0 aliphatic carbocycles. The number of hydrogen-bond acceptors (Lipinski definition) is 3. The molecule has 5 nitrogen and oxygen atoms in total. The van der Waals surface area contributed by atoms with Gasteiger partial charge in [-0.05, 0) is 43.5 Å². The van der Waals surface area contributed by atoms with Crippen molar-refractivity contribution >= 4 is 15.9 Å². The lowest BCUT2D eigenvalue weighted by atomic mass is 10.0. The Morgan fingerprint density at radius 3 is 2.30 bits per heavy atom. The van der Waals surface area contributed by atoms with Crippen molar-refractivity contribution in [2.45, 2.75) is 75.6 Å². The first kappa shape index (κ1) is 21.8. The van der Waals surface area contributed by atoms with E-state index in [0.29, 0.717) is 32.4 Å². The van der Waals surface area contributed by atoms with E-state index in [9.17, 15) is 17.6 Å². The summed E-state index contributed by atoms with van der Waals surface area (Å²) in [5.41, 5.74) is 0. The van der Waals surface area contributed by atoms with E-state index in [1.54, 1.807) is 0 Å². The van der Waals surface area contributed by atoms with Crippen LogP contribution in [0.5, 0.6) is 0 Å². The molecule has 1 aromatic carbocycles. The first-order chi connectivity index (χ1) is 12.9. The van der Waals surface area contributed by atoms with Gasteiger partial charge in [0.15, 0.2) is 0 Å². The molecule has 0 atom stereocenters. The van der Waals surface area contributed by atoms with Crippen LogP contribution in [-0.2, 0) is 14.8 Å². The fourth-order valence-electron chi connectivity index (χ4n) is 3.36. The summed E-state index contributed by atoms with van der Waals surface area (Å²) in [6.07, 6.45) is 8.72. The van der Waals surface area contributed by atoms with E-state index in [2.05, 4.69) is 11.6 Å². The maximum Gasteiger partial charge on any atom is 0.240 e. The molecule has 152 valence electrons. The zero-order valence-electron chi connectivity index (χ0n) is 16.1. The number of carbonyl (C=O) groups excluding carboxylic acids is 1. The average Bonchev–Trinajstić information content (AvgIpc) is 2.65. The zero-order valence-corrected chi connectivity index (χ0v) is 16.9. The van der Waals surface area contributed by atoms with Crippen LogP contribution in [0.2, 0.25) is 0 Å². The third-order valence-corrected chi connectivity index (χ3v) is 6.57. The number of nitrogens with zero attached hydrogens (tertiary/aromatic N) is 1. The van der Waals surface area contributed by atoms with Crippen LogP contribution in [-0.4, -0.2) is 38.4 Å². The van der Waals surface area contributed by atoms with E-state index in [-0.39, 0.29) is 16.8 Å². The maximum atomic E-state index is 13.0. The Hall–Kier alpha value is -1.47. The summed E-state index contributed by atoms with van der Waals surface area (Å²) in [7, 11) is -3.66. The van der Waals surface area contributed by atoms with Gasteiger partial charge in [0.05, 0.1) is 4.90 Å². The molecule has 0 spiro atoms. The van der Waals surface area contributed by atoms with Crippen molar-refractivity contribution in [2.24, 2.45) is 0 Å². The monoisotopic (exact) mass is 398 g/mol. The van der Waals surface area contributed by atoms with Gasteiger partial charge < -0.3 is 4.90 Å². The first-order valence-electron chi connectivity index (χ1n) is 9.98. The Bertz CT molecular complexity index is 684. The zero-order chi connectivity index (χ0) is 19.7. The topological polar surface area (TPSA) is 66.5 Å². The number of hydrogen-bond donors (Lipinski definition) is 1. The Balaban J connectivity index is 1.71. The number of sulfonamides is 1. The Morgan fingerprint density at radius 2 is 1.67 bits per heavy atom. The molecular formula is C20H31FN2O3S. The van der Waals surface area contributed by atoms with Crippen LogP contribution in [0, 0.1) is 5.82 Å². The van der Waals surface area contributed by atoms with Crippen LogP contribution in [0.25, 0.3) is 0 Å². The lowest BCUT2D eigenvalue weighted by Gasteiger charge is -2.32. The number of nitrogens with one attached hydrogen (secondary N) is 1. The number of unbranched alkanes of at least 4 members (excludes halogenated alkanes) is 5. The molecule has 1 aliphatic heterocycles. The number of amides is 1. The number of piperidine rings is 1. The Morgan fingerprint density at radius 1 is 1.07 bits per heavy atom. The molecule has 1 N–H and O–H groups in total. The molecule has 27 heavy (non-hydrogen) atoms. The molecule has 1 aromatic rings. The number of halogens is 1. The predicted molar refractivity (Wildman–Crippen MR) is 104 cm³/mol. The molecule has 7 heteroatoms. The largest absolute Gasteiger partial charge is 0.343 e. The maximum absolute atomic E-state index is 13.0. The minimum absolute atomic E-state index is 0.0606. The molecule has 0 saturated carbocycles. The Kier molecular flexibility index (Phi) is 8.70. The smallest absolute Gasteiger partial charge is 0.240 e. The second-order valence-corrected chi connectivity index (χ2v) is 8.96. The molecule has 1 saturated heterocycles. The molecule has 1 heterocycles. The van der Waals surface area contributed by atoms with Gasteiger partial charge in [-0.3, -0.25) is 4.79 Å². The quantitative estimate of drug-likeness (QED) is 0.609. The number of rotatable bonds is 10. The summed E-state index contributed by atoms with van der Waals surface area (Å²) >= 11 is 0. The summed E-state index contributed by atoms with van der Waals surface area (Å²) < 4.78 is 40.4. The molecule has 0 unspecified atom stereocenters. The highest BCUT2D eigenvalue weighted by Crippen LogP contribution is 2.17. The molecule has 0 radical (unpaired) electrons. The summed E-state index contributed by atoms with van der Waals surface area (Å²) in [6, 6.07) is 4.60. The number of likely N-dealkylation sites (tertiary alicyclic amines) is 1. The highest BCUT2D eigenvalue weighted by atomic mass is 32.2. The van der Waals surface area contributed by atoms with E-state index in [1.807, 2.05) is 4.90 Å². The normalized spacial score (nSPS) is 15.9. The summed E-state index contributed by atoms with van der Waals surface area (Å²) in [5, 5.41) is 0. The summed E-state index contributed by atoms with van der Waals surface area (Å²) in [4.78, 5) is 14.2. The van der Waals surface area contributed by atoms with Crippen molar-refractivity contribution < 1.29 is 17.6 Å². The van der Waals surface area contributed by atoms with E-state index in [1.165, 1.54) is 37.8 Å². The second-order valence-electron chi connectivity index (χ2n) is 7.25. The lowest BCUT2D eigenvalue weighted by molar-refractivity contribution is -0.132. The SMILES string of the molecule is CCCCCCCCC(=O)N1CCC(NS(=O)(=O)c2ccc(F)cc2)CC1. The molecule has 2 rings (SSSR count). The van der Waals surface area contributed by atoms with Gasteiger partial charge in [-0.15, -0.1) is 0 Å². The number of benzene rings is 1. The van der Waals surface area contributed by atoms with Crippen LogP contribution in [0.1, 0.15) is 64.7 Å². The minimum Gasteiger partial charge on any atom is -0.343 e. The number of carbonyl (C=O) groups is 1. The van der Waals surface area contributed by atoms with Gasteiger partial charge in [-0.1, -0.05) is 39.0 Å². The van der Waals surface area contributed by atoms with Crippen molar-refractivity contribution in [3.8, 4) is 0 Å². The van der Waals surface area contributed by atoms with E-state index in [0.717, 1.165) is 25.0 Å². The van der Waals surface area contributed by atoms with Crippen molar-refractivity contribution in [1.29, 1.82) is 0 Å².